The second-order valence-electron chi connectivity index (χ2n) is 12.9. The van der Waals surface area contributed by atoms with Crippen LogP contribution in [0.25, 0.3) is 22.3 Å². The lowest BCUT2D eigenvalue weighted by molar-refractivity contribution is -0.137. The number of aromatic nitrogens is 4. The Morgan fingerprint density at radius 2 is 1.59 bits per heavy atom. The minimum absolute atomic E-state index is 0.0231. The van der Waals surface area contributed by atoms with E-state index in [-0.39, 0.29) is 24.9 Å². The molecule has 0 N–H and O–H groups in total. The smallest absolute Gasteiger partial charge is 0.416 e. The van der Waals surface area contributed by atoms with Gasteiger partial charge in [0.2, 0.25) is 0 Å². The number of imidazole rings is 1. The highest BCUT2D eigenvalue weighted by Crippen LogP contribution is 2.34. The molecule has 3 aromatic carbocycles. The van der Waals surface area contributed by atoms with Gasteiger partial charge in [0.15, 0.2) is 0 Å². The zero-order valence-corrected chi connectivity index (χ0v) is 27.4. The predicted octanol–water partition coefficient (Wildman–Crippen LogP) is 6.64. The number of carbonyl (C=O) groups excluding carboxylic acids is 1. The number of benzene rings is 3. The average Bonchev–Trinajstić information content (AvgIpc) is 3.61. The van der Waals surface area contributed by atoms with E-state index in [9.17, 15) is 22.8 Å². The first-order chi connectivity index (χ1) is 23.7. The van der Waals surface area contributed by atoms with Gasteiger partial charge in [0.1, 0.15) is 6.61 Å². The van der Waals surface area contributed by atoms with Gasteiger partial charge in [-0.2, -0.15) is 18.3 Å². The summed E-state index contributed by atoms with van der Waals surface area (Å²) in [5, 5.41) is 4.91. The molecule has 49 heavy (non-hydrogen) atoms. The van der Waals surface area contributed by atoms with Gasteiger partial charge in [-0.3, -0.25) is 13.8 Å². The molecule has 2 aliphatic heterocycles. The maximum Gasteiger partial charge on any atom is 0.416 e. The third-order valence-corrected chi connectivity index (χ3v) is 9.85. The molecule has 0 unspecified atom stereocenters. The quantitative estimate of drug-likeness (QED) is 0.185. The third kappa shape index (κ3) is 6.74. The number of nitrogens with zero attached hydrogens (tertiary/aromatic N) is 6. The number of para-hydroxylation sites is 2. The van der Waals surface area contributed by atoms with Gasteiger partial charge in [-0.25, -0.2) is 9.59 Å². The highest BCUT2D eigenvalue weighted by molar-refractivity contribution is 5.76. The zero-order valence-electron chi connectivity index (χ0n) is 27.4. The summed E-state index contributed by atoms with van der Waals surface area (Å²) in [5.41, 5.74) is 5.11. The van der Waals surface area contributed by atoms with E-state index in [1.54, 1.807) is 9.47 Å². The lowest BCUT2D eigenvalue weighted by Crippen LogP contribution is -2.38. The van der Waals surface area contributed by atoms with E-state index in [0.717, 1.165) is 78.9 Å². The molecule has 0 radical (unpaired) electrons. The molecule has 0 bridgehead atoms. The number of likely N-dealkylation sites (tertiary alicyclic amines) is 1. The first-order valence-electron chi connectivity index (χ1n) is 16.8. The number of ether oxygens (including phenoxy) is 1. The number of alkyl halides is 3. The highest BCUT2D eigenvalue weighted by atomic mass is 19.4. The largest absolute Gasteiger partial charge is 0.445 e. The van der Waals surface area contributed by atoms with E-state index in [2.05, 4.69) is 4.90 Å². The van der Waals surface area contributed by atoms with E-state index in [4.69, 9.17) is 9.84 Å². The van der Waals surface area contributed by atoms with Crippen molar-refractivity contribution in [3.05, 3.63) is 112 Å². The summed E-state index contributed by atoms with van der Waals surface area (Å²) in [5.74, 6) is 0. The van der Waals surface area contributed by atoms with Crippen molar-refractivity contribution in [2.24, 2.45) is 7.05 Å². The molecule has 4 heterocycles. The second-order valence-corrected chi connectivity index (χ2v) is 12.9. The summed E-state index contributed by atoms with van der Waals surface area (Å²) < 4.78 is 51.2. The Hall–Kier alpha value is -4.84. The van der Waals surface area contributed by atoms with Gasteiger partial charge in [0.05, 0.1) is 28.8 Å². The molecule has 0 atom stereocenters. The summed E-state index contributed by atoms with van der Waals surface area (Å²) >= 11 is 0. The van der Waals surface area contributed by atoms with Crippen LogP contribution in [0, 0.1) is 0 Å². The van der Waals surface area contributed by atoms with Gasteiger partial charge < -0.3 is 14.5 Å². The number of rotatable bonds is 8. The summed E-state index contributed by atoms with van der Waals surface area (Å²) in [6.45, 7) is 4.15. The number of fused-ring (bicyclic) bond motifs is 2. The number of piperidine rings is 1. The Kier molecular flexibility index (Phi) is 9.06. The van der Waals surface area contributed by atoms with Crippen molar-refractivity contribution in [2.45, 2.75) is 57.6 Å². The van der Waals surface area contributed by atoms with Gasteiger partial charge in [-0.05, 0) is 55.6 Å². The number of aryl methyl sites for hydroxylation is 2. The van der Waals surface area contributed by atoms with E-state index in [1.807, 2.05) is 70.9 Å². The molecule has 1 fully saturated rings. The molecule has 12 heteroatoms. The summed E-state index contributed by atoms with van der Waals surface area (Å²) in [6.07, 6.45) is -1.69. The fourth-order valence-electron chi connectivity index (χ4n) is 7.21. The minimum Gasteiger partial charge on any atom is -0.445 e. The minimum atomic E-state index is -4.43. The van der Waals surface area contributed by atoms with Gasteiger partial charge in [-0.1, -0.05) is 54.6 Å². The van der Waals surface area contributed by atoms with Crippen molar-refractivity contribution in [2.75, 3.05) is 26.2 Å². The third-order valence-electron chi connectivity index (χ3n) is 9.85. The standard InChI is InChI=1S/C37H39F3N6O3/c1-42-32-10-5-6-11-33(32)46(35(42)47)29-16-21-43(22-17-29)19-7-20-45-31-18-23-44(36(48)49-25-26-8-3-2-4-9-26)24-30(31)34(41-45)27-12-14-28(15-13-27)37(38,39)40/h2-6,8-15,29H,7,16-25H2,1H3. The average molecular weight is 673 g/mol. The van der Waals surface area contributed by atoms with Crippen molar-refractivity contribution in [3.8, 4) is 11.3 Å². The van der Waals surface area contributed by atoms with Crippen LogP contribution < -0.4 is 5.69 Å². The van der Waals surface area contributed by atoms with Gasteiger partial charge in [-0.15, -0.1) is 0 Å². The molecule has 1 saturated heterocycles. The van der Waals surface area contributed by atoms with Crippen molar-refractivity contribution < 1.29 is 22.7 Å². The van der Waals surface area contributed by atoms with Gasteiger partial charge in [0.25, 0.3) is 0 Å². The van der Waals surface area contributed by atoms with Crippen LogP contribution in [0.1, 0.15) is 47.7 Å². The van der Waals surface area contributed by atoms with Crippen LogP contribution in [0.5, 0.6) is 0 Å². The molecule has 2 aliphatic rings. The molecule has 0 saturated carbocycles. The van der Waals surface area contributed by atoms with E-state index in [1.165, 1.54) is 12.1 Å². The maximum absolute atomic E-state index is 13.3. The molecule has 9 nitrogen and oxygen atoms in total. The highest BCUT2D eigenvalue weighted by Gasteiger charge is 2.32. The Morgan fingerprint density at radius 1 is 0.898 bits per heavy atom. The Balaban J connectivity index is 1.03. The number of hydrogen-bond donors (Lipinski definition) is 0. The number of hydrogen-bond acceptors (Lipinski definition) is 5. The van der Waals surface area contributed by atoms with Crippen molar-refractivity contribution in [1.29, 1.82) is 0 Å². The van der Waals surface area contributed by atoms with E-state index < -0.39 is 17.8 Å². The SMILES string of the molecule is Cn1c(=O)n(C2CCN(CCCn3nc(-c4ccc(C(F)(F)F)cc4)c4c3CCN(C(=O)OCc3ccccc3)C4)CC2)c2ccccc21. The van der Waals surface area contributed by atoms with Crippen molar-refractivity contribution in [1.82, 2.24) is 28.7 Å². The van der Waals surface area contributed by atoms with Crippen LogP contribution in [0.4, 0.5) is 18.0 Å². The van der Waals surface area contributed by atoms with Crippen molar-refractivity contribution in [3.63, 3.8) is 0 Å². The predicted molar refractivity (Wildman–Crippen MR) is 180 cm³/mol. The lowest BCUT2D eigenvalue weighted by Gasteiger charge is -2.32. The molecule has 5 aromatic rings. The molecular formula is C37H39F3N6O3. The Labute approximate surface area is 282 Å². The maximum atomic E-state index is 13.3. The molecule has 0 spiro atoms. The summed E-state index contributed by atoms with van der Waals surface area (Å²) in [6, 6.07) is 22.6. The normalized spacial score (nSPS) is 15.9. The van der Waals surface area contributed by atoms with Gasteiger partial charge in [0, 0.05) is 62.5 Å². The topological polar surface area (TPSA) is 77.5 Å². The molecule has 256 valence electrons. The fourth-order valence-corrected chi connectivity index (χ4v) is 7.21. The summed E-state index contributed by atoms with van der Waals surface area (Å²) in [4.78, 5) is 30.2. The van der Waals surface area contributed by atoms with Crippen molar-refractivity contribution >= 4 is 17.1 Å². The lowest BCUT2D eigenvalue weighted by atomic mass is 10.00. The molecule has 1 amide bonds. The van der Waals surface area contributed by atoms with Gasteiger partial charge >= 0.3 is 18.0 Å². The first kappa shape index (κ1) is 32.7. The van der Waals surface area contributed by atoms with Crippen LogP contribution in [0.2, 0.25) is 0 Å². The number of halogens is 3. The molecular weight excluding hydrogens is 633 g/mol. The molecule has 7 rings (SSSR count). The van der Waals surface area contributed by atoms with Crippen LogP contribution in [0.15, 0.2) is 83.7 Å². The second kappa shape index (κ2) is 13.6. The fraction of sp³-hybridized carbons (Fsp3) is 0.378. The van der Waals surface area contributed by atoms with E-state index in [0.29, 0.717) is 30.8 Å². The Bertz CT molecular complexity index is 1990. The van der Waals surface area contributed by atoms with Crippen LogP contribution >= 0.6 is 0 Å². The van der Waals surface area contributed by atoms with Crippen LogP contribution in [-0.4, -0.2) is 61.0 Å². The molecule has 2 aromatic heterocycles. The first-order valence-corrected chi connectivity index (χ1v) is 16.8. The van der Waals surface area contributed by atoms with Crippen LogP contribution in [-0.2, 0) is 44.1 Å². The number of carbonyl (C=O) groups is 1. The van der Waals surface area contributed by atoms with Crippen LogP contribution in [0.3, 0.4) is 0 Å². The zero-order chi connectivity index (χ0) is 34.1. The monoisotopic (exact) mass is 672 g/mol. The van der Waals surface area contributed by atoms with E-state index >= 15 is 0 Å². The molecule has 0 aliphatic carbocycles. The summed E-state index contributed by atoms with van der Waals surface area (Å²) in [7, 11) is 1.82. The number of amides is 1. The Morgan fingerprint density at radius 3 is 2.31 bits per heavy atom.